The SMILES string of the molecule is CC(NCc1cc(Br)ccc1OC(F)F)C1CCCO1. The lowest BCUT2D eigenvalue weighted by molar-refractivity contribution is -0.0505. The van der Waals surface area contributed by atoms with Gasteiger partial charge in [0.25, 0.3) is 0 Å². The molecule has 1 fully saturated rings. The van der Waals surface area contributed by atoms with Crippen LogP contribution >= 0.6 is 15.9 Å². The van der Waals surface area contributed by atoms with Crippen molar-refractivity contribution in [2.75, 3.05) is 6.61 Å². The fourth-order valence-corrected chi connectivity index (χ4v) is 2.70. The van der Waals surface area contributed by atoms with Gasteiger partial charge < -0.3 is 14.8 Å². The van der Waals surface area contributed by atoms with Crippen molar-refractivity contribution in [1.29, 1.82) is 0 Å². The first-order chi connectivity index (χ1) is 9.56. The molecule has 112 valence electrons. The molecular formula is C14H18BrF2NO2. The van der Waals surface area contributed by atoms with Gasteiger partial charge in [-0.3, -0.25) is 0 Å². The molecule has 1 saturated heterocycles. The van der Waals surface area contributed by atoms with E-state index in [1.165, 1.54) is 0 Å². The van der Waals surface area contributed by atoms with Crippen molar-refractivity contribution in [3.05, 3.63) is 28.2 Å². The highest BCUT2D eigenvalue weighted by atomic mass is 79.9. The Morgan fingerprint density at radius 3 is 2.95 bits per heavy atom. The van der Waals surface area contributed by atoms with Crippen LogP contribution in [0.15, 0.2) is 22.7 Å². The molecule has 2 unspecified atom stereocenters. The fourth-order valence-electron chi connectivity index (χ4n) is 2.30. The second kappa shape index (κ2) is 7.33. The lowest BCUT2D eigenvalue weighted by Crippen LogP contribution is -2.36. The third kappa shape index (κ3) is 4.40. The van der Waals surface area contributed by atoms with E-state index < -0.39 is 6.61 Å². The highest BCUT2D eigenvalue weighted by molar-refractivity contribution is 9.10. The van der Waals surface area contributed by atoms with Gasteiger partial charge in [0, 0.05) is 29.2 Å². The van der Waals surface area contributed by atoms with Crippen molar-refractivity contribution in [2.24, 2.45) is 0 Å². The van der Waals surface area contributed by atoms with E-state index in [0.29, 0.717) is 12.1 Å². The third-order valence-corrected chi connectivity index (χ3v) is 3.87. The van der Waals surface area contributed by atoms with Crippen LogP contribution in [0.5, 0.6) is 5.75 Å². The summed E-state index contributed by atoms with van der Waals surface area (Å²) in [5, 5.41) is 3.31. The van der Waals surface area contributed by atoms with Crippen molar-refractivity contribution in [2.45, 2.75) is 45.1 Å². The van der Waals surface area contributed by atoms with Crippen LogP contribution in [0.4, 0.5) is 8.78 Å². The Morgan fingerprint density at radius 1 is 1.50 bits per heavy atom. The van der Waals surface area contributed by atoms with Crippen LogP contribution in [-0.2, 0) is 11.3 Å². The highest BCUT2D eigenvalue weighted by Gasteiger charge is 2.22. The predicted molar refractivity (Wildman–Crippen MR) is 76.0 cm³/mol. The van der Waals surface area contributed by atoms with Crippen LogP contribution in [0, 0.1) is 0 Å². The summed E-state index contributed by atoms with van der Waals surface area (Å²) in [6, 6.07) is 5.19. The Morgan fingerprint density at radius 2 is 2.30 bits per heavy atom. The topological polar surface area (TPSA) is 30.5 Å². The average molecular weight is 350 g/mol. The van der Waals surface area contributed by atoms with Gasteiger partial charge in [-0.15, -0.1) is 0 Å². The smallest absolute Gasteiger partial charge is 0.387 e. The van der Waals surface area contributed by atoms with E-state index in [1.54, 1.807) is 18.2 Å². The van der Waals surface area contributed by atoms with Crippen LogP contribution in [-0.4, -0.2) is 25.4 Å². The molecule has 0 radical (unpaired) electrons. The molecule has 1 aliphatic rings. The number of nitrogens with one attached hydrogen (secondary N) is 1. The summed E-state index contributed by atoms with van der Waals surface area (Å²) in [7, 11) is 0. The van der Waals surface area contributed by atoms with Crippen molar-refractivity contribution >= 4 is 15.9 Å². The van der Waals surface area contributed by atoms with Gasteiger partial charge in [-0.1, -0.05) is 15.9 Å². The molecule has 1 aromatic carbocycles. The third-order valence-electron chi connectivity index (χ3n) is 3.38. The molecule has 6 heteroatoms. The van der Waals surface area contributed by atoms with Crippen molar-refractivity contribution < 1.29 is 18.3 Å². The molecule has 1 aromatic rings. The maximum Gasteiger partial charge on any atom is 0.387 e. The minimum atomic E-state index is -2.81. The summed E-state index contributed by atoms with van der Waals surface area (Å²) in [5.41, 5.74) is 0.699. The minimum absolute atomic E-state index is 0.177. The molecule has 2 atom stereocenters. The maximum absolute atomic E-state index is 12.4. The molecule has 0 saturated carbocycles. The highest BCUT2D eigenvalue weighted by Crippen LogP contribution is 2.25. The van der Waals surface area contributed by atoms with E-state index in [0.717, 1.165) is 23.9 Å². The number of halogens is 3. The van der Waals surface area contributed by atoms with Crippen LogP contribution in [0.2, 0.25) is 0 Å². The Balaban J connectivity index is 1.98. The molecule has 0 bridgehead atoms. The first kappa shape index (κ1) is 15.7. The van der Waals surface area contributed by atoms with E-state index >= 15 is 0 Å². The summed E-state index contributed by atoms with van der Waals surface area (Å²) in [5.74, 6) is 0.204. The van der Waals surface area contributed by atoms with Crippen LogP contribution in [0.1, 0.15) is 25.3 Å². The van der Waals surface area contributed by atoms with Gasteiger partial charge in [0.05, 0.1) is 6.10 Å². The number of alkyl halides is 2. The van der Waals surface area contributed by atoms with Crippen LogP contribution < -0.4 is 10.1 Å². The molecule has 20 heavy (non-hydrogen) atoms. The van der Waals surface area contributed by atoms with Gasteiger partial charge in [-0.05, 0) is 38.0 Å². The van der Waals surface area contributed by atoms with Gasteiger partial charge in [-0.2, -0.15) is 8.78 Å². The van der Waals surface area contributed by atoms with E-state index in [4.69, 9.17) is 4.74 Å². The lowest BCUT2D eigenvalue weighted by atomic mass is 10.1. The summed E-state index contributed by atoms with van der Waals surface area (Å²) in [6.07, 6.45) is 2.31. The second-order valence-corrected chi connectivity index (χ2v) is 5.77. The van der Waals surface area contributed by atoms with Crippen molar-refractivity contribution in [3.8, 4) is 5.75 Å². The fraction of sp³-hybridized carbons (Fsp3) is 0.571. The number of ether oxygens (including phenoxy) is 2. The number of hydrogen-bond donors (Lipinski definition) is 1. The van der Waals surface area contributed by atoms with Crippen LogP contribution in [0.25, 0.3) is 0 Å². The maximum atomic E-state index is 12.4. The van der Waals surface area contributed by atoms with E-state index in [-0.39, 0.29) is 17.9 Å². The van der Waals surface area contributed by atoms with Gasteiger partial charge >= 0.3 is 6.61 Å². The summed E-state index contributed by atoms with van der Waals surface area (Å²) in [4.78, 5) is 0. The molecule has 0 spiro atoms. The average Bonchev–Trinajstić information content (AvgIpc) is 2.92. The Bertz CT molecular complexity index is 439. The summed E-state index contributed by atoms with van der Waals surface area (Å²) in [6.45, 7) is 0.489. The quantitative estimate of drug-likeness (QED) is 0.849. The molecule has 3 nitrogen and oxygen atoms in total. The summed E-state index contributed by atoms with van der Waals surface area (Å²) >= 11 is 3.34. The van der Waals surface area contributed by atoms with E-state index in [2.05, 4.69) is 26.0 Å². The van der Waals surface area contributed by atoms with Crippen molar-refractivity contribution in [1.82, 2.24) is 5.32 Å². The zero-order valence-electron chi connectivity index (χ0n) is 11.2. The predicted octanol–water partition coefficient (Wildman–Crippen LogP) is 3.71. The molecule has 1 N–H and O–H groups in total. The van der Waals surface area contributed by atoms with Crippen molar-refractivity contribution in [3.63, 3.8) is 0 Å². The molecule has 0 aliphatic carbocycles. The Kier molecular flexibility index (Phi) is 5.74. The second-order valence-electron chi connectivity index (χ2n) is 4.85. The molecule has 0 aromatic heterocycles. The zero-order valence-corrected chi connectivity index (χ0v) is 12.8. The van der Waals surface area contributed by atoms with Crippen LogP contribution in [0.3, 0.4) is 0 Å². The Hall–Kier alpha value is -0.720. The van der Waals surface area contributed by atoms with E-state index in [9.17, 15) is 8.78 Å². The molecular weight excluding hydrogens is 332 g/mol. The number of rotatable bonds is 6. The largest absolute Gasteiger partial charge is 0.434 e. The molecule has 0 amide bonds. The minimum Gasteiger partial charge on any atom is -0.434 e. The van der Waals surface area contributed by atoms with E-state index in [1.807, 2.05) is 6.92 Å². The zero-order chi connectivity index (χ0) is 14.5. The monoisotopic (exact) mass is 349 g/mol. The van der Waals surface area contributed by atoms with Gasteiger partial charge in [0.2, 0.25) is 0 Å². The lowest BCUT2D eigenvalue weighted by Gasteiger charge is -2.21. The first-order valence-corrected chi connectivity index (χ1v) is 7.44. The summed E-state index contributed by atoms with van der Waals surface area (Å²) < 4.78 is 35.7. The molecule has 2 rings (SSSR count). The van der Waals surface area contributed by atoms with Gasteiger partial charge in [0.15, 0.2) is 0 Å². The molecule has 1 heterocycles. The Labute approximate surface area is 125 Å². The first-order valence-electron chi connectivity index (χ1n) is 6.64. The molecule has 1 aliphatic heterocycles. The normalized spacial score (nSPS) is 20.4. The number of hydrogen-bond acceptors (Lipinski definition) is 3. The number of benzene rings is 1. The van der Waals surface area contributed by atoms with Gasteiger partial charge in [-0.25, -0.2) is 0 Å². The standard InChI is InChI=1S/C14H18BrF2NO2/c1-9(12-3-2-6-19-12)18-8-10-7-11(15)4-5-13(10)20-14(16)17/h4-5,7,9,12,14,18H,2-3,6,8H2,1H3. The van der Waals surface area contributed by atoms with Gasteiger partial charge in [0.1, 0.15) is 5.75 Å².